The van der Waals surface area contributed by atoms with Gasteiger partial charge >= 0.3 is 0 Å². The Morgan fingerprint density at radius 3 is 2.32 bits per heavy atom. The predicted octanol–water partition coefficient (Wildman–Crippen LogP) is 5.85. The molecule has 2 N–H and O–H groups in total. The summed E-state index contributed by atoms with van der Waals surface area (Å²) >= 11 is 12.9. The zero-order valence-electron chi connectivity index (χ0n) is 19.0. The van der Waals surface area contributed by atoms with E-state index in [9.17, 15) is 13.5 Å². The van der Waals surface area contributed by atoms with Crippen LogP contribution in [0.25, 0.3) is 22.6 Å². The van der Waals surface area contributed by atoms with E-state index in [0.717, 1.165) is 16.3 Å². The van der Waals surface area contributed by atoms with E-state index in [1.807, 2.05) is 26.0 Å². The van der Waals surface area contributed by atoms with Crippen LogP contribution in [0.1, 0.15) is 51.0 Å². The summed E-state index contributed by atoms with van der Waals surface area (Å²) in [6.45, 7) is 3.62. The molecular formula is C25H27Cl2N3O3S. The van der Waals surface area contributed by atoms with Crippen molar-refractivity contribution < 1.29 is 13.5 Å². The lowest BCUT2D eigenvalue weighted by Crippen LogP contribution is -2.51. The van der Waals surface area contributed by atoms with E-state index in [4.69, 9.17) is 23.2 Å². The van der Waals surface area contributed by atoms with Crippen LogP contribution in [0.4, 0.5) is 0 Å². The van der Waals surface area contributed by atoms with E-state index < -0.39 is 16.1 Å². The van der Waals surface area contributed by atoms with Gasteiger partial charge in [0.15, 0.2) is 0 Å². The normalized spacial score (nSPS) is 23.9. The molecule has 0 bridgehead atoms. The number of aliphatic hydroxyl groups excluding tert-OH is 1. The fourth-order valence-electron chi connectivity index (χ4n) is 5.00. The molecule has 0 spiro atoms. The number of hydrogen-bond acceptors (Lipinski definition) is 4. The molecule has 2 heterocycles. The first kappa shape index (κ1) is 23.8. The highest BCUT2D eigenvalue weighted by Crippen LogP contribution is 2.44. The van der Waals surface area contributed by atoms with Gasteiger partial charge in [0, 0.05) is 28.2 Å². The highest BCUT2D eigenvalue weighted by molar-refractivity contribution is 7.89. The van der Waals surface area contributed by atoms with Crippen molar-refractivity contribution in [2.24, 2.45) is 0 Å². The third-order valence-electron chi connectivity index (χ3n) is 6.76. The van der Waals surface area contributed by atoms with Crippen molar-refractivity contribution >= 4 is 33.2 Å². The minimum absolute atomic E-state index is 0.0385. The molecule has 1 saturated heterocycles. The molecule has 2 unspecified atom stereocenters. The largest absolute Gasteiger partial charge is 0.393 e. The Balaban J connectivity index is 1.47. The second kappa shape index (κ2) is 8.95. The Morgan fingerprint density at radius 1 is 1.00 bits per heavy atom. The lowest BCUT2D eigenvalue weighted by atomic mass is 9.98. The third-order valence-corrected chi connectivity index (χ3v) is 9.70. The summed E-state index contributed by atoms with van der Waals surface area (Å²) in [4.78, 5) is 7.81. The van der Waals surface area contributed by atoms with Crippen LogP contribution in [0.5, 0.6) is 0 Å². The molecule has 6 nitrogen and oxygen atoms in total. The van der Waals surface area contributed by atoms with Gasteiger partial charge in [-0.3, -0.25) is 0 Å². The van der Waals surface area contributed by atoms with Crippen molar-refractivity contribution in [3.63, 3.8) is 0 Å². The Hall–Kier alpha value is -1.90. The molecule has 1 aromatic heterocycles. The Morgan fingerprint density at radius 2 is 1.68 bits per heavy atom. The number of aromatic nitrogens is 2. The topological polar surface area (TPSA) is 86.3 Å². The van der Waals surface area contributed by atoms with Crippen LogP contribution in [0.2, 0.25) is 10.0 Å². The van der Waals surface area contributed by atoms with Crippen LogP contribution in [-0.4, -0.2) is 46.0 Å². The molecule has 0 radical (unpaired) electrons. The first-order valence-electron chi connectivity index (χ1n) is 11.5. The smallest absolute Gasteiger partial charge is 0.245 e. The SMILES string of the molecule is CC1CC(O)C[C@@H](C)N1S(=O)(=O)c1cc(-c2ncc(-c3ccc(C4CC4)c(Cl)c3)[nH]2)ccc1Cl. The van der Waals surface area contributed by atoms with Crippen molar-refractivity contribution in [3.05, 3.63) is 58.2 Å². The summed E-state index contributed by atoms with van der Waals surface area (Å²) in [6.07, 6.45) is 4.37. The van der Waals surface area contributed by atoms with Gasteiger partial charge in [-0.15, -0.1) is 0 Å². The van der Waals surface area contributed by atoms with Gasteiger partial charge in [0.1, 0.15) is 10.7 Å². The van der Waals surface area contributed by atoms with Gasteiger partial charge < -0.3 is 10.1 Å². The molecule has 2 aromatic carbocycles. The number of hydrogen-bond donors (Lipinski definition) is 2. The van der Waals surface area contributed by atoms with E-state index in [0.29, 0.717) is 30.1 Å². The lowest BCUT2D eigenvalue weighted by molar-refractivity contribution is 0.0586. The number of benzene rings is 2. The van der Waals surface area contributed by atoms with Crippen LogP contribution in [-0.2, 0) is 10.0 Å². The summed E-state index contributed by atoms with van der Waals surface area (Å²) in [7, 11) is -3.87. The van der Waals surface area contributed by atoms with E-state index >= 15 is 0 Å². The predicted molar refractivity (Wildman–Crippen MR) is 135 cm³/mol. The first-order valence-corrected chi connectivity index (χ1v) is 13.7. The highest BCUT2D eigenvalue weighted by atomic mass is 35.5. The number of halogens is 2. The van der Waals surface area contributed by atoms with Gasteiger partial charge in [-0.25, -0.2) is 13.4 Å². The summed E-state index contributed by atoms with van der Waals surface area (Å²) in [5.41, 5.74) is 3.52. The summed E-state index contributed by atoms with van der Waals surface area (Å²) in [5, 5.41) is 11.0. The first-order chi connectivity index (χ1) is 16.1. The lowest BCUT2D eigenvalue weighted by Gasteiger charge is -2.40. The molecule has 1 aliphatic heterocycles. The number of aliphatic hydroxyl groups is 1. The second-order valence-electron chi connectivity index (χ2n) is 9.46. The van der Waals surface area contributed by atoms with Gasteiger partial charge in [-0.1, -0.05) is 35.3 Å². The quantitative estimate of drug-likeness (QED) is 0.442. The van der Waals surface area contributed by atoms with Crippen molar-refractivity contribution in [1.29, 1.82) is 0 Å². The summed E-state index contributed by atoms with van der Waals surface area (Å²) in [6, 6.07) is 10.3. The fourth-order valence-corrected chi connectivity index (χ4v) is 7.68. The maximum absolute atomic E-state index is 13.6. The number of piperidine rings is 1. The van der Waals surface area contributed by atoms with E-state index in [1.165, 1.54) is 22.7 Å². The molecule has 1 aliphatic carbocycles. The molecule has 1 saturated carbocycles. The van der Waals surface area contributed by atoms with Crippen molar-refractivity contribution in [2.45, 2.75) is 68.5 Å². The zero-order chi connectivity index (χ0) is 24.2. The van der Waals surface area contributed by atoms with Gasteiger partial charge in [0.2, 0.25) is 10.0 Å². The van der Waals surface area contributed by atoms with E-state index in [2.05, 4.69) is 16.0 Å². The van der Waals surface area contributed by atoms with Crippen LogP contribution in [0.15, 0.2) is 47.5 Å². The van der Waals surface area contributed by atoms with Gasteiger partial charge in [-0.2, -0.15) is 4.31 Å². The zero-order valence-corrected chi connectivity index (χ0v) is 21.3. The fraction of sp³-hybridized carbons (Fsp3) is 0.400. The number of aromatic amines is 1. The van der Waals surface area contributed by atoms with Crippen LogP contribution in [0, 0.1) is 0 Å². The second-order valence-corrected chi connectivity index (χ2v) is 12.1. The molecule has 2 aliphatic rings. The number of rotatable bonds is 5. The van der Waals surface area contributed by atoms with Crippen LogP contribution < -0.4 is 0 Å². The standard InChI is InChI=1S/C25H27Cl2N3O3S/c1-14-9-19(31)10-15(2)30(14)34(32,33)24-12-18(6-8-21(24)26)25-28-13-23(29-25)17-5-7-20(16-3-4-16)22(27)11-17/h5-8,11-16,19,31H,3-4,9-10H2,1-2H3,(H,28,29)/t14-,15?,19?/m1/s1. The maximum Gasteiger partial charge on any atom is 0.245 e. The number of sulfonamides is 1. The number of H-pyrrole nitrogens is 1. The van der Waals surface area contributed by atoms with Gasteiger partial charge in [-0.05, 0) is 75.3 Å². The number of nitrogens with zero attached hydrogens (tertiary/aromatic N) is 2. The van der Waals surface area contributed by atoms with E-state index in [1.54, 1.807) is 24.4 Å². The molecule has 2 fully saturated rings. The Kier molecular flexibility index (Phi) is 6.27. The van der Waals surface area contributed by atoms with Crippen molar-refractivity contribution in [1.82, 2.24) is 14.3 Å². The highest BCUT2D eigenvalue weighted by Gasteiger charge is 2.39. The van der Waals surface area contributed by atoms with E-state index in [-0.39, 0.29) is 22.0 Å². The molecular weight excluding hydrogens is 493 g/mol. The minimum Gasteiger partial charge on any atom is -0.393 e. The molecule has 3 atom stereocenters. The maximum atomic E-state index is 13.6. The van der Waals surface area contributed by atoms with Crippen molar-refractivity contribution in [3.8, 4) is 22.6 Å². The molecule has 0 amide bonds. The molecule has 34 heavy (non-hydrogen) atoms. The van der Waals surface area contributed by atoms with Crippen LogP contribution >= 0.6 is 23.2 Å². The molecule has 5 rings (SSSR count). The summed E-state index contributed by atoms with van der Waals surface area (Å²) < 4.78 is 28.6. The van der Waals surface area contributed by atoms with Crippen LogP contribution in [0.3, 0.4) is 0 Å². The molecule has 9 heteroatoms. The number of imidazole rings is 1. The monoisotopic (exact) mass is 519 g/mol. The van der Waals surface area contributed by atoms with Gasteiger partial charge in [0.05, 0.1) is 23.0 Å². The Bertz CT molecular complexity index is 1320. The Labute approximate surface area is 210 Å². The summed E-state index contributed by atoms with van der Waals surface area (Å²) in [5.74, 6) is 1.11. The number of nitrogens with one attached hydrogen (secondary N) is 1. The third kappa shape index (κ3) is 4.40. The van der Waals surface area contributed by atoms with Gasteiger partial charge in [0.25, 0.3) is 0 Å². The van der Waals surface area contributed by atoms with Crippen molar-refractivity contribution in [2.75, 3.05) is 0 Å². The molecule has 180 valence electrons. The minimum atomic E-state index is -3.87. The average Bonchev–Trinajstić information content (AvgIpc) is 3.48. The average molecular weight is 520 g/mol. The molecule has 3 aromatic rings.